The first-order valence-electron chi connectivity index (χ1n) is 12.1. The molecule has 0 radical (unpaired) electrons. The minimum absolute atomic E-state index is 0.304. The summed E-state index contributed by atoms with van der Waals surface area (Å²) in [5, 5.41) is 5.57. The highest BCUT2D eigenvalue weighted by molar-refractivity contribution is 6.09. The van der Waals surface area contributed by atoms with E-state index in [0.717, 1.165) is 16.0 Å². The van der Waals surface area contributed by atoms with E-state index < -0.39 is 42.0 Å². The van der Waals surface area contributed by atoms with Gasteiger partial charge in [-0.05, 0) is 43.0 Å². The first-order chi connectivity index (χ1) is 17.7. The Hall–Kier alpha value is -4.46. The SMILES string of the molecule is CCC1(c2ccccc2)NC(=O)N(CC(=O)OC(C(=O)Nc2cc(C)ccc2C)c2ccccc2)C1=O. The van der Waals surface area contributed by atoms with Crippen LogP contribution >= 0.6 is 0 Å². The molecule has 0 aliphatic carbocycles. The number of nitrogens with one attached hydrogen (secondary N) is 2. The maximum Gasteiger partial charge on any atom is 0.327 e. The predicted molar refractivity (Wildman–Crippen MR) is 138 cm³/mol. The zero-order valence-electron chi connectivity index (χ0n) is 21.0. The molecular formula is C29H29N3O5. The number of ether oxygens (including phenoxy) is 1. The molecule has 8 nitrogen and oxygen atoms in total. The van der Waals surface area contributed by atoms with Crippen molar-refractivity contribution in [1.29, 1.82) is 0 Å². The quantitative estimate of drug-likeness (QED) is 0.353. The molecule has 4 rings (SSSR count). The molecule has 1 heterocycles. The second kappa shape index (κ2) is 10.7. The Morgan fingerprint density at radius 1 is 0.973 bits per heavy atom. The molecule has 37 heavy (non-hydrogen) atoms. The predicted octanol–water partition coefficient (Wildman–Crippen LogP) is 4.38. The molecule has 190 valence electrons. The maximum atomic E-state index is 13.4. The number of benzene rings is 3. The van der Waals surface area contributed by atoms with E-state index in [1.54, 1.807) is 61.5 Å². The lowest BCUT2D eigenvalue weighted by atomic mass is 9.87. The number of hydrogen-bond acceptors (Lipinski definition) is 5. The van der Waals surface area contributed by atoms with Crippen molar-refractivity contribution in [3.05, 3.63) is 101 Å². The van der Waals surface area contributed by atoms with E-state index in [2.05, 4.69) is 10.6 Å². The summed E-state index contributed by atoms with van der Waals surface area (Å²) in [6.07, 6.45) is -0.975. The van der Waals surface area contributed by atoms with Crippen LogP contribution in [0.4, 0.5) is 10.5 Å². The van der Waals surface area contributed by atoms with Crippen LogP contribution in [0.15, 0.2) is 78.9 Å². The zero-order chi connectivity index (χ0) is 26.6. The lowest BCUT2D eigenvalue weighted by Crippen LogP contribution is -2.44. The van der Waals surface area contributed by atoms with Crippen molar-refractivity contribution in [1.82, 2.24) is 10.2 Å². The normalized spacial score (nSPS) is 17.8. The minimum atomic E-state index is -1.28. The summed E-state index contributed by atoms with van der Waals surface area (Å²) < 4.78 is 5.58. The van der Waals surface area contributed by atoms with Crippen LogP contribution in [0.5, 0.6) is 0 Å². The minimum Gasteiger partial charge on any atom is -0.446 e. The highest BCUT2D eigenvalue weighted by atomic mass is 16.5. The first kappa shape index (κ1) is 25.6. The number of urea groups is 1. The van der Waals surface area contributed by atoms with E-state index in [0.29, 0.717) is 23.2 Å². The highest BCUT2D eigenvalue weighted by Gasteiger charge is 2.51. The summed E-state index contributed by atoms with van der Waals surface area (Å²) >= 11 is 0. The second-order valence-corrected chi connectivity index (χ2v) is 9.03. The number of carbonyl (C=O) groups excluding carboxylic acids is 4. The van der Waals surface area contributed by atoms with Gasteiger partial charge in [0.1, 0.15) is 12.1 Å². The molecule has 0 spiro atoms. The zero-order valence-corrected chi connectivity index (χ0v) is 21.0. The van der Waals surface area contributed by atoms with Crippen LogP contribution in [-0.4, -0.2) is 35.3 Å². The van der Waals surface area contributed by atoms with E-state index in [-0.39, 0.29) is 0 Å². The fourth-order valence-electron chi connectivity index (χ4n) is 4.40. The third-order valence-corrected chi connectivity index (χ3v) is 6.50. The van der Waals surface area contributed by atoms with Crippen LogP contribution in [0.1, 0.15) is 41.7 Å². The second-order valence-electron chi connectivity index (χ2n) is 9.03. The summed E-state index contributed by atoms with van der Waals surface area (Å²) in [6.45, 7) is 4.94. The molecular weight excluding hydrogens is 470 g/mol. The Morgan fingerprint density at radius 3 is 2.27 bits per heavy atom. The molecule has 1 fully saturated rings. The average Bonchev–Trinajstić information content (AvgIpc) is 3.15. The van der Waals surface area contributed by atoms with E-state index in [9.17, 15) is 19.2 Å². The molecule has 2 N–H and O–H groups in total. The molecule has 1 aliphatic heterocycles. The van der Waals surface area contributed by atoms with Gasteiger partial charge >= 0.3 is 12.0 Å². The standard InChI is InChI=1S/C29H29N3O5/c1-4-29(22-13-9-6-10-14-22)27(35)32(28(36)31-29)18-24(33)37-25(21-11-7-5-8-12-21)26(34)30-23-17-19(2)15-16-20(23)3/h5-17,25H,4,18H2,1-3H3,(H,30,34)(H,31,36). The van der Waals surface area contributed by atoms with Crippen LogP contribution in [0.3, 0.4) is 0 Å². The molecule has 0 aromatic heterocycles. The van der Waals surface area contributed by atoms with Gasteiger partial charge in [0.2, 0.25) is 6.10 Å². The maximum absolute atomic E-state index is 13.4. The molecule has 3 aromatic rings. The van der Waals surface area contributed by atoms with E-state index in [1.807, 2.05) is 38.1 Å². The van der Waals surface area contributed by atoms with Crippen LogP contribution in [-0.2, 0) is 24.7 Å². The van der Waals surface area contributed by atoms with Crippen molar-refractivity contribution in [2.45, 2.75) is 38.8 Å². The fraction of sp³-hybridized carbons (Fsp3) is 0.241. The number of hydrogen-bond donors (Lipinski definition) is 2. The van der Waals surface area contributed by atoms with Crippen molar-refractivity contribution in [3.8, 4) is 0 Å². The van der Waals surface area contributed by atoms with Crippen molar-refractivity contribution in [3.63, 3.8) is 0 Å². The number of carbonyl (C=O) groups is 4. The fourth-order valence-corrected chi connectivity index (χ4v) is 4.40. The number of amides is 4. The molecule has 8 heteroatoms. The first-order valence-corrected chi connectivity index (χ1v) is 12.1. The largest absolute Gasteiger partial charge is 0.446 e. The van der Waals surface area contributed by atoms with Gasteiger partial charge in [-0.25, -0.2) is 4.79 Å². The molecule has 1 saturated heterocycles. The number of imide groups is 1. The topological polar surface area (TPSA) is 105 Å². The van der Waals surface area contributed by atoms with Gasteiger partial charge in [0.15, 0.2) is 0 Å². The van der Waals surface area contributed by atoms with Gasteiger partial charge in [0, 0.05) is 11.3 Å². The summed E-state index contributed by atoms with van der Waals surface area (Å²) in [6, 6.07) is 22.4. The Balaban J connectivity index is 1.54. The number of aryl methyl sites for hydroxylation is 2. The molecule has 2 unspecified atom stereocenters. The van der Waals surface area contributed by atoms with Gasteiger partial charge in [0.25, 0.3) is 11.8 Å². The van der Waals surface area contributed by atoms with Crippen molar-refractivity contribution < 1.29 is 23.9 Å². The number of esters is 1. The van der Waals surface area contributed by atoms with Gasteiger partial charge in [-0.3, -0.25) is 19.3 Å². The highest BCUT2D eigenvalue weighted by Crippen LogP contribution is 2.32. The van der Waals surface area contributed by atoms with Gasteiger partial charge in [0.05, 0.1) is 0 Å². The number of nitrogens with zero attached hydrogens (tertiary/aromatic N) is 1. The lowest BCUT2D eigenvalue weighted by molar-refractivity contribution is -0.156. The molecule has 4 amide bonds. The van der Waals surface area contributed by atoms with Crippen molar-refractivity contribution in [2.24, 2.45) is 0 Å². The Labute approximate surface area is 215 Å². The van der Waals surface area contributed by atoms with Gasteiger partial charge in [-0.15, -0.1) is 0 Å². The number of rotatable bonds is 8. The molecule has 0 bridgehead atoms. The summed E-state index contributed by atoms with van der Waals surface area (Å²) in [4.78, 5) is 53.2. The Kier molecular flexibility index (Phi) is 7.38. The van der Waals surface area contributed by atoms with Gasteiger partial charge in [-0.2, -0.15) is 0 Å². The van der Waals surface area contributed by atoms with Crippen LogP contribution in [0, 0.1) is 13.8 Å². The third kappa shape index (κ3) is 5.23. The molecule has 0 saturated carbocycles. The summed E-state index contributed by atoms with van der Waals surface area (Å²) in [7, 11) is 0. The number of anilines is 1. The van der Waals surface area contributed by atoms with Crippen LogP contribution in [0.2, 0.25) is 0 Å². The van der Waals surface area contributed by atoms with Gasteiger partial charge < -0.3 is 15.4 Å². The van der Waals surface area contributed by atoms with Crippen LogP contribution in [0.25, 0.3) is 0 Å². The Bertz CT molecular complexity index is 1330. The third-order valence-electron chi connectivity index (χ3n) is 6.50. The summed E-state index contributed by atoms with van der Waals surface area (Å²) in [5.41, 5.74) is 2.24. The summed E-state index contributed by atoms with van der Waals surface area (Å²) in [5.74, 6) is -1.97. The van der Waals surface area contributed by atoms with Gasteiger partial charge in [-0.1, -0.05) is 79.7 Å². The monoisotopic (exact) mass is 499 g/mol. The van der Waals surface area contributed by atoms with Crippen molar-refractivity contribution in [2.75, 3.05) is 11.9 Å². The molecule has 3 aromatic carbocycles. The van der Waals surface area contributed by atoms with E-state index in [4.69, 9.17) is 4.74 Å². The van der Waals surface area contributed by atoms with Crippen LogP contribution < -0.4 is 10.6 Å². The van der Waals surface area contributed by atoms with E-state index in [1.165, 1.54) is 0 Å². The lowest BCUT2D eigenvalue weighted by Gasteiger charge is -2.25. The Morgan fingerprint density at radius 2 is 1.62 bits per heavy atom. The molecule has 2 atom stereocenters. The van der Waals surface area contributed by atoms with Crippen molar-refractivity contribution >= 4 is 29.5 Å². The molecule has 1 aliphatic rings. The van der Waals surface area contributed by atoms with E-state index >= 15 is 0 Å². The average molecular weight is 500 g/mol. The smallest absolute Gasteiger partial charge is 0.327 e.